The summed E-state index contributed by atoms with van der Waals surface area (Å²) in [7, 11) is 0. The van der Waals surface area contributed by atoms with Crippen molar-refractivity contribution in [1.82, 2.24) is 39.5 Å². The number of fused-ring (bicyclic) bond motifs is 7. The third kappa shape index (κ3) is 6.47. The third-order valence-electron chi connectivity index (χ3n) is 7.77. The van der Waals surface area contributed by atoms with Crippen LogP contribution in [0, 0.1) is 0 Å². The summed E-state index contributed by atoms with van der Waals surface area (Å²) in [4.78, 5) is 29.5. The molecule has 1 fully saturated rings. The standard InChI is InChI=1S/2C12H8N2.C10H13N5O3.Ru/c2*1-3-9-5-6-10-4-2-8-14-12(10)11(9)13-7-1;11-9-8-10(13-3-12-9)15(4-14-8)7-1-5(17)6(2-16)18-7;/h2*1-8H;3-7,16-17H,1-2H2,(H2,11,12,13);/q;;;+6/t;;5-,6-,7-;/m..1./s1. The van der Waals surface area contributed by atoms with Crippen LogP contribution in [0.25, 0.3) is 54.8 Å². The van der Waals surface area contributed by atoms with Crippen LogP contribution in [-0.2, 0) is 24.2 Å². The van der Waals surface area contributed by atoms with Crippen LogP contribution in [0.2, 0.25) is 0 Å². The molecule has 1 saturated heterocycles. The Labute approximate surface area is 281 Å². The van der Waals surface area contributed by atoms with Crippen LogP contribution in [0.5, 0.6) is 0 Å². The third-order valence-corrected chi connectivity index (χ3v) is 7.77. The zero-order valence-electron chi connectivity index (χ0n) is 24.8. The molecule has 0 amide bonds. The summed E-state index contributed by atoms with van der Waals surface area (Å²) in [6.07, 6.45) is 8.80. The number of imidazole rings is 1. The number of aromatic nitrogens is 8. The number of hydrogen-bond donors (Lipinski definition) is 3. The van der Waals surface area contributed by atoms with Crippen LogP contribution in [0.4, 0.5) is 5.82 Å². The predicted octanol–water partition coefficient (Wildman–Crippen LogP) is 4.61. The van der Waals surface area contributed by atoms with Gasteiger partial charge in [-0.25, -0.2) is 15.0 Å². The van der Waals surface area contributed by atoms with E-state index in [0.29, 0.717) is 23.4 Å². The molecule has 1 aliphatic heterocycles. The fourth-order valence-corrected chi connectivity index (χ4v) is 5.49. The van der Waals surface area contributed by atoms with E-state index in [1.54, 1.807) is 35.7 Å². The van der Waals surface area contributed by atoms with Crippen LogP contribution in [0.15, 0.2) is 110 Å². The molecular weight excluding hydrogens is 684 g/mol. The largest absolute Gasteiger partial charge is 6.00 e. The Balaban J connectivity index is 0.000000123. The first-order valence-electron chi connectivity index (χ1n) is 14.6. The molecule has 0 saturated carbocycles. The van der Waals surface area contributed by atoms with Gasteiger partial charge in [0.2, 0.25) is 0 Å². The fraction of sp³-hybridized carbons (Fsp3) is 0.147. The Kier molecular flexibility index (Phi) is 9.60. The molecule has 4 N–H and O–H groups in total. The zero-order chi connectivity index (χ0) is 31.5. The fourth-order valence-electron chi connectivity index (χ4n) is 5.49. The average Bonchev–Trinajstić information content (AvgIpc) is 3.72. The number of benzene rings is 2. The van der Waals surface area contributed by atoms with Crippen LogP contribution in [0.1, 0.15) is 12.6 Å². The van der Waals surface area contributed by atoms with Gasteiger partial charge in [-0.1, -0.05) is 48.5 Å². The molecule has 230 valence electrons. The van der Waals surface area contributed by atoms with E-state index in [-0.39, 0.29) is 26.1 Å². The Bertz CT molecular complexity index is 2080. The zero-order valence-corrected chi connectivity index (χ0v) is 26.6. The van der Waals surface area contributed by atoms with Crippen molar-refractivity contribution in [2.45, 2.75) is 24.9 Å². The topological polar surface area (TPSA) is 171 Å². The average molecular weight is 713 g/mol. The van der Waals surface area contributed by atoms with Crippen molar-refractivity contribution < 1.29 is 34.4 Å². The maximum absolute atomic E-state index is 9.71. The molecule has 1 aliphatic rings. The van der Waals surface area contributed by atoms with Gasteiger partial charge >= 0.3 is 19.5 Å². The Morgan fingerprint density at radius 1 is 0.660 bits per heavy atom. The summed E-state index contributed by atoms with van der Waals surface area (Å²) in [5.41, 5.74) is 10.7. The molecule has 3 atom stereocenters. The first-order valence-corrected chi connectivity index (χ1v) is 14.6. The SMILES string of the molecule is Nc1ncnc2c1ncn2[C@H]1C[C@@H](O)[C@@H](CO)O1.[Ru+6].c1cnc2c(c1)ccc1cccnc12.c1cnc2c(c1)ccc1cccnc12. The van der Waals surface area contributed by atoms with Crippen molar-refractivity contribution >= 4 is 60.6 Å². The smallest absolute Gasteiger partial charge is 0.394 e. The number of pyridine rings is 4. The van der Waals surface area contributed by atoms with Gasteiger partial charge in [0.15, 0.2) is 11.5 Å². The van der Waals surface area contributed by atoms with E-state index >= 15 is 0 Å². The van der Waals surface area contributed by atoms with E-state index in [4.69, 9.17) is 15.6 Å². The number of hydrogen-bond acceptors (Lipinski definition) is 11. The molecule has 6 aromatic heterocycles. The summed E-state index contributed by atoms with van der Waals surface area (Å²) < 4.78 is 7.22. The van der Waals surface area contributed by atoms with E-state index in [0.717, 1.165) is 43.6 Å². The summed E-state index contributed by atoms with van der Waals surface area (Å²) in [6.45, 7) is -0.221. The number of aliphatic hydroxyl groups is 2. The molecule has 0 bridgehead atoms. The molecule has 0 radical (unpaired) electrons. The van der Waals surface area contributed by atoms with Crippen LogP contribution >= 0.6 is 0 Å². The predicted molar refractivity (Wildman–Crippen MR) is 175 cm³/mol. The summed E-state index contributed by atoms with van der Waals surface area (Å²) >= 11 is 0. The van der Waals surface area contributed by atoms with Gasteiger partial charge in [-0.05, 0) is 24.3 Å². The van der Waals surface area contributed by atoms with Crippen LogP contribution in [-0.4, -0.2) is 68.5 Å². The van der Waals surface area contributed by atoms with Gasteiger partial charge in [-0.3, -0.25) is 24.5 Å². The molecule has 9 rings (SSSR count). The second-order valence-corrected chi connectivity index (χ2v) is 10.6. The number of anilines is 1. The van der Waals surface area contributed by atoms with Crippen molar-refractivity contribution in [2.75, 3.05) is 12.3 Å². The van der Waals surface area contributed by atoms with Gasteiger partial charge in [0, 0.05) is 52.8 Å². The first kappa shape index (κ1) is 31.9. The molecule has 13 heteroatoms. The first-order chi connectivity index (χ1) is 22.6. The van der Waals surface area contributed by atoms with Gasteiger partial charge in [0.25, 0.3) is 0 Å². The van der Waals surface area contributed by atoms with Crippen molar-refractivity contribution in [3.05, 3.63) is 110 Å². The number of nitrogens with two attached hydrogens (primary N) is 1. The molecule has 47 heavy (non-hydrogen) atoms. The van der Waals surface area contributed by atoms with E-state index in [1.165, 1.54) is 6.33 Å². The van der Waals surface area contributed by atoms with Gasteiger partial charge < -0.3 is 20.7 Å². The van der Waals surface area contributed by atoms with Gasteiger partial charge in [-0.15, -0.1) is 0 Å². The van der Waals surface area contributed by atoms with Gasteiger partial charge in [-0.2, -0.15) is 0 Å². The minimum atomic E-state index is -0.698. The maximum atomic E-state index is 9.71. The van der Waals surface area contributed by atoms with E-state index in [2.05, 4.69) is 83.4 Å². The summed E-state index contributed by atoms with van der Waals surface area (Å²) in [6, 6.07) is 24.3. The molecule has 0 spiro atoms. The summed E-state index contributed by atoms with van der Waals surface area (Å²) in [5, 5.41) is 23.3. The normalized spacial score (nSPS) is 17.2. The molecule has 8 aromatic rings. The number of nitrogens with zero attached hydrogens (tertiary/aromatic N) is 8. The Morgan fingerprint density at radius 2 is 1.13 bits per heavy atom. The van der Waals surface area contributed by atoms with Gasteiger partial charge in [0.1, 0.15) is 24.2 Å². The Morgan fingerprint density at radius 3 is 1.55 bits per heavy atom. The van der Waals surface area contributed by atoms with E-state index < -0.39 is 18.4 Å². The van der Waals surface area contributed by atoms with Crippen molar-refractivity contribution in [2.24, 2.45) is 0 Å². The van der Waals surface area contributed by atoms with Gasteiger partial charge in [0.05, 0.1) is 41.1 Å². The van der Waals surface area contributed by atoms with Crippen molar-refractivity contribution in [3.8, 4) is 0 Å². The molecule has 0 unspecified atom stereocenters. The molecule has 0 aliphatic carbocycles. The number of ether oxygens (including phenoxy) is 1. The molecule has 2 aromatic carbocycles. The van der Waals surface area contributed by atoms with E-state index in [9.17, 15) is 5.11 Å². The molecular formula is C34H29N9O3Ru+6. The van der Waals surface area contributed by atoms with Crippen molar-refractivity contribution in [3.63, 3.8) is 0 Å². The maximum Gasteiger partial charge on any atom is 6.00 e. The minimum absolute atomic E-state index is 0. The second-order valence-electron chi connectivity index (χ2n) is 10.6. The monoisotopic (exact) mass is 713 g/mol. The van der Waals surface area contributed by atoms with Crippen molar-refractivity contribution in [1.29, 1.82) is 0 Å². The van der Waals surface area contributed by atoms with Crippen LogP contribution in [0.3, 0.4) is 0 Å². The number of rotatable bonds is 2. The number of aliphatic hydroxyl groups excluding tert-OH is 2. The Hall–Kier alpha value is -5.07. The number of nitrogen functional groups attached to an aromatic ring is 1. The minimum Gasteiger partial charge on any atom is -0.394 e. The quantitative estimate of drug-likeness (QED) is 0.169. The summed E-state index contributed by atoms with van der Waals surface area (Å²) in [5.74, 6) is 0.302. The molecule has 12 nitrogen and oxygen atoms in total. The van der Waals surface area contributed by atoms with E-state index in [1.807, 2.05) is 24.3 Å². The second kappa shape index (κ2) is 14.1. The van der Waals surface area contributed by atoms with Crippen LogP contribution < -0.4 is 5.73 Å². The molecule has 7 heterocycles.